The average Bonchev–Trinajstić information content (AvgIpc) is 2.80. The summed E-state index contributed by atoms with van der Waals surface area (Å²) in [5, 5.41) is 4.81. The molecule has 0 bridgehead atoms. The van der Waals surface area contributed by atoms with Crippen LogP contribution >= 0.6 is 11.3 Å². The van der Waals surface area contributed by atoms with Crippen LogP contribution in [0, 0.1) is 0 Å². The van der Waals surface area contributed by atoms with E-state index in [2.05, 4.69) is 15.0 Å². The fourth-order valence-electron chi connectivity index (χ4n) is 1.42. The van der Waals surface area contributed by atoms with Gasteiger partial charge in [-0.15, -0.1) is 11.3 Å². The van der Waals surface area contributed by atoms with E-state index < -0.39 is 10.0 Å². The molecule has 0 saturated carbocycles. The molecule has 0 saturated heterocycles. The zero-order chi connectivity index (χ0) is 13.0. The number of rotatable bonds is 5. The Labute approximate surface area is 110 Å². The van der Waals surface area contributed by atoms with Gasteiger partial charge in [0.2, 0.25) is 0 Å². The summed E-state index contributed by atoms with van der Waals surface area (Å²) < 4.78 is 26.9. The molecule has 5 nitrogen and oxygen atoms in total. The Bertz CT molecular complexity index is 608. The lowest BCUT2D eigenvalue weighted by molar-refractivity contribution is 0.603. The molecule has 18 heavy (non-hydrogen) atoms. The predicted octanol–water partition coefficient (Wildman–Crippen LogP) is 1.66. The Morgan fingerprint density at radius 2 is 2.28 bits per heavy atom. The number of hydrogen-bond donors (Lipinski definition) is 2. The first kappa shape index (κ1) is 13.0. The van der Waals surface area contributed by atoms with Crippen LogP contribution in [-0.4, -0.2) is 20.4 Å². The summed E-state index contributed by atoms with van der Waals surface area (Å²) in [6.45, 7) is 0.652. The van der Waals surface area contributed by atoms with E-state index >= 15 is 0 Å². The highest BCUT2D eigenvalue weighted by Gasteiger charge is 2.16. The summed E-state index contributed by atoms with van der Waals surface area (Å²) in [6, 6.07) is 5.01. The van der Waals surface area contributed by atoms with Crippen LogP contribution in [0.3, 0.4) is 0 Å². The summed E-state index contributed by atoms with van der Waals surface area (Å²) in [6.07, 6.45) is 3.06. The van der Waals surface area contributed by atoms with Crippen molar-refractivity contribution in [2.24, 2.45) is 0 Å². The van der Waals surface area contributed by atoms with Crippen molar-refractivity contribution < 1.29 is 8.42 Å². The third-order valence-electron chi connectivity index (χ3n) is 2.19. The zero-order valence-corrected chi connectivity index (χ0v) is 11.4. The second-order valence-electron chi connectivity index (χ2n) is 3.65. The zero-order valence-electron chi connectivity index (χ0n) is 9.75. The third kappa shape index (κ3) is 3.06. The van der Waals surface area contributed by atoms with Gasteiger partial charge in [-0.3, -0.25) is 9.71 Å². The molecule has 0 aromatic carbocycles. The van der Waals surface area contributed by atoms with Gasteiger partial charge in [-0.25, -0.2) is 8.42 Å². The molecule has 2 rings (SSSR count). The summed E-state index contributed by atoms with van der Waals surface area (Å²) in [4.78, 5) is 3.86. The highest BCUT2D eigenvalue weighted by molar-refractivity contribution is 7.94. The van der Waals surface area contributed by atoms with E-state index in [1.807, 2.05) is 12.4 Å². The van der Waals surface area contributed by atoms with E-state index in [1.54, 1.807) is 24.4 Å². The number of nitrogens with zero attached hydrogens (tertiary/aromatic N) is 1. The lowest BCUT2D eigenvalue weighted by Gasteiger charge is -2.04. The Morgan fingerprint density at radius 1 is 1.44 bits per heavy atom. The highest BCUT2D eigenvalue weighted by Crippen LogP contribution is 2.22. The molecule has 0 radical (unpaired) electrons. The summed E-state index contributed by atoms with van der Waals surface area (Å²) in [7, 11) is -1.69. The highest BCUT2D eigenvalue weighted by atomic mass is 32.2. The van der Waals surface area contributed by atoms with Crippen molar-refractivity contribution in [3.63, 3.8) is 0 Å². The Morgan fingerprint density at radius 3 is 2.94 bits per heavy atom. The molecule has 2 N–H and O–H groups in total. The van der Waals surface area contributed by atoms with Crippen molar-refractivity contribution in [3.8, 4) is 0 Å². The molecule has 0 spiro atoms. The van der Waals surface area contributed by atoms with E-state index in [0.717, 1.165) is 5.56 Å². The summed E-state index contributed by atoms with van der Waals surface area (Å²) in [5.41, 5.74) is 1.41. The van der Waals surface area contributed by atoms with Crippen LogP contribution in [0.15, 0.2) is 40.2 Å². The van der Waals surface area contributed by atoms with Crippen LogP contribution in [0.2, 0.25) is 0 Å². The van der Waals surface area contributed by atoms with E-state index in [1.165, 1.54) is 17.5 Å². The Kier molecular flexibility index (Phi) is 3.95. The van der Waals surface area contributed by atoms with Crippen molar-refractivity contribution in [2.45, 2.75) is 10.8 Å². The van der Waals surface area contributed by atoms with Crippen molar-refractivity contribution in [1.82, 2.24) is 10.3 Å². The van der Waals surface area contributed by atoms with Crippen molar-refractivity contribution in [1.29, 1.82) is 0 Å². The fourth-order valence-corrected chi connectivity index (χ4v) is 3.67. The summed E-state index contributed by atoms with van der Waals surface area (Å²) >= 11 is 1.20. The molecule has 0 amide bonds. The molecule has 96 valence electrons. The van der Waals surface area contributed by atoms with Gasteiger partial charge in [0, 0.05) is 12.7 Å². The van der Waals surface area contributed by atoms with Gasteiger partial charge in [-0.1, -0.05) is 0 Å². The number of thiophene rings is 1. The molecule has 0 fully saturated rings. The van der Waals surface area contributed by atoms with Gasteiger partial charge in [-0.2, -0.15) is 0 Å². The smallest absolute Gasteiger partial charge is 0.271 e. The van der Waals surface area contributed by atoms with Gasteiger partial charge in [0.15, 0.2) is 0 Å². The standard InChI is InChI=1S/C11H13N3O2S2/c1-12-6-9-5-11(17-8-9)18(15,16)14-10-3-2-4-13-7-10/h2-5,7-8,12,14H,6H2,1H3. The van der Waals surface area contributed by atoms with E-state index in [-0.39, 0.29) is 0 Å². The molecule has 0 aliphatic rings. The number of hydrogen-bond acceptors (Lipinski definition) is 5. The molecule has 2 heterocycles. The topological polar surface area (TPSA) is 71.1 Å². The predicted molar refractivity (Wildman–Crippen MR) is 72.1 cm³/mol. The minimum absolute atomic E-state index is 0.302. The lowest BCUT2D eigenvalue weighted by atomic mass is 10.3. The van der Waals surface area contributed by atoms with Gasteiger partial charge in [0.1, 0.15) is 4.21 Å². The maximum absolute atomic E-state index is 12.1. The van der Waals surface area contributed by atoms with Gasteiger partial charge in [0.05, 0.1) is 11.9 Å². The minimum atomic E-state index is -3.51. The van der Waals surface area contributed by atoms with Gasteiger partial charge >= 0.3 is 0 Å². The van der Waals surface area contributed by atoms with E-state index in [0.29, 0.717) is 16.4 Å². The normalized spacial score (nSPS) is 11.4. The van der Waals surface area contributed by atoms with Crippen molar-refractivity contribution in [3.05, 3.63) is 41.5 Å². The van der Waals surface area contributed by atoms with Crippen LogP contribution in [0.4, 0.5) is 5.69 Å². The lowest BCUT2D eigenvalue weighted by Crippen LogP contribution is -2.11. The largest absolute Gasteiger partial charge is 0.316 e. The van der Waals surface area contributed by atoms with Crippen LogP contribution in [0.5, 0.6) is 0 Å². The number of nitrogens with one attached hydrogen (secondary N) is 2. The molecule has 2 aromatic rings. The first-order chi connectivity index (χ1) is 8.62. The van der Waals surface area contributed by atoms with Crippen LogP contribution < -0.4 is 10.0 Å². The number of pyridine rings is 1. The minimum Gasteiger partial charge on any atom is -0.316 e. The molecular weight excluding hydrogens is 270 g/mol. The second kappa shape index (κ2) is 5.47. The second-order valence-corrected chi connectivity index (χ2v) is 6.47. The molecule has 2 aromatic heterocycles. The molecule has 0 unspecified atom stereocenters. The maximum Gasteiger partial charge on any atom is 0.271 e. The maximum atomic E-state index is 12.1. The molecular formula is C11H13N3O2S2. The van der Waals surface area contributed by atoms with Crippen molar-refractivity contribution >= 4 is 27.0 Å². The molecule has 0 atom stereocenters. The fraction of sp³-hybridized carbons (Fsp3) is 0.182. The van der Waals surface area contributed by atoms with Crippen LogP contribution in [0.25, 0.3) is 0 Å². The first-order valence-corrected chi connectivity index (χ1v) is 7.63. The molecule has 0 aliphatic carbocycles. The molecule has 7 heteroatoms. The first-order valence-electron chi connectivity index (χ1n) is 5.26. The molecule has 0 aliphatic heterocycles. The summed E-state index contributed by atoms with van der Waals surface area (Å²) in [5.74, 6) is 0. The van der Waals surface area contributed by atoms with Gasteiger partial charge < -0.3 is 5.32 Å². The van der Waals surface area contributed by atoms with Crippen LogP contribution in [0.1, 0.15) is 5.56 Å². The van der Waals surface area contributed by atoms with Crippen LogP contribution in [-0.2, 0) is 16.6 Å². The quantitative estimate of drug-likeness (QED) is 0.875. The number of aromatic nitrogens is 1. The van der Waals surface area contributed by atoms with Crippen molar-refractivity contribution in [2.75, 3.05) is 11.8 Å². The average molecular weight is 283 g/mol. The number of sulfonamides is 1. The van der Waals surface area contributed by atoms with E-state index in [4.69, 9.17) is 0 Å². The number of anilines is 1. The third-order valence-corrected chi connectivity index (χ3v) is 5.06. The van der Waals surface area contributed by atoms with E-state index in [9.17, 15) is 8.42 Å². The Hall–Kier alpha value is -1.44. The SMILES string of the molecule is CNCc1csc(S(=O)(=O)Nc2cccnc2)c1. The van der Waals surface area contributed by atoms with Gasteiger partial charge in [-0.05, 0) is 36.2 Å². The monoisotopic (exact) mass is 283 g/mol. The van der Waals surface area contributed by atoms with Gasteiger partial charge in [0.25, 0.3) is 10.0 Å². The Balaban J connectivity index is 2.20.